The van der Waals surface area contributed by atoms with Crippen molar-refractivity contribution in [3.05, 3.63) is 23.8 Å². The van der Waals surface area contributed by atoms with Crippen LogP contribution in [-0.4, -0.2) is 49.7 Å². The lowest BCUT2D eigenvalue weighted by Gasteiger charge is -2.34. The average Bonchev–Trinajstić information content (AvgIpc) is 2.49. The van der Waals surface area contributed by atoms with Gasteiger partial charge in [0.1, 0.15) is 0 Å². The topological polar surface area (TPSA) is 50.8 Å². The molecule has 1 aliphatic rings. The molecule has 116 valence electrons. The molecular weight excluding hydrogens is 268 g/mol. The van der Waals surface area contributed by atoms with Gasteiger partial charge in [0.05, 0.1) is 13.2 Å². The summed E-state index contributed by atoms with van der Waals surface area (Å²) >= 11 is 0. The fourth-order valence-corrected chi connectivity index (χ4v) is 2.49. The number of piperazine rings is 1. The Kier molecular flexibility index (Phi) is 5.44. The molecule has 5 nitrogen and oxygen atoms in total. The van der Waals surface area contributed by atoms with Gasteiger partial charge in [-0.2, -0.15) is 0 Å². The summed E-state index contributed by atoms with van der Waals surface area (Å²) in [6.45, 7) is 9.43. The summed E-state index contributed by atoms with van der Waals surface area (Å²) in [7, 11) is 0. The molecule has 1 amide bonds. The minimum absolute atomic E-state index is 0.0491. The number of carbonyl (C=O) groups is 1. The molecule has 1 fully saturated rings. The van der Waals surface area contributed by atoms with Crippen LogP contribution in [0.25, 0.3) is 0 Å². The van der Waals surface area contributed by atoms with Crippen LogP contribution in [0.2, 0.25) is 0 Å². The van der Waals surface area contributed by atoms with Crippen molar-refractivity contribution in [1.82, 2.24) is 10.2 Å². The van der Waals surface area contributed by atoms with E-state index in [1.165, 1.54) is 0 Å². The lowest BCUT2D eigenvalue weighted by Crippen LogP contribution is -2.52. The van der Waals surface area contributed by atoms with E-state index in [-0.39, 0.29) is 11.9 Å². The number of hydrogen-bond acceptors (Lipinski definition) is 4. The predicted molar refractivity (Wildman–Crippen MR) is 82.1 cm³/mol. The van der Waals surface area contributed by atoms with Crippen LogP contribution in [0, 0.1) is 0 Å². The van der Waals surface area contributed by atoms with Gasteiger partial charge in [-0.05, 0) is 39.0 Å². The largest absolute Gasteiger partial charge is 0.490 e. The standard InChI is InChI=1S/C16H24N2O3/c1-4-20-14-7-6-13(10-15(14)21-5-2)16(19)18-9-8-17-11-12(18)3/h6-7,10,12,17H,4-5,8-9,11H2,1-3H3. The van der Waals surface area contributed by atoms with Crippen molar-refractivity contribution in [2.75, 3.05) is 32.8 Å². The predicted octanol–water partition coefficient (Wildman–Crippen LogP) is 1.92. The summed E-state index contributed by atoms with van der Waals surface area (Å²) in [6, 6.07) is 5.61. The van der Waals surface area contributed by atoms with Crippen LogP contribution in [0.15, 0.2) is 18.2 Å². The van der Waals surface area contributed by atoms with Crippen LogP contribution in [0.5, 0.6) is 11.5 Å². The number of hydrogen-bond donors (Lipinski definition) is 1. The van der Waals surface area contributed by atoms with E-state index in [1.54, 1.807) is 6.07 Å². The van der Waals surface area contributed by atoms with Gasteiger partial charge >= 0.3 is 0 Å². The molecule has 0 bridgehead atoms. The number of carbonyl (C=O) groups excluding carboxylic acids is 1. The molecule has 1 aromatic carbocycles. The zero-order valence-electron chi connectivity index (χ0n) is 13.0. The quantitative estimate of drug-likeness (QED) is 0.901. The molecule has 1 heterocycles. The van der Waals surface area contributed by atoms with Gasteiger partial charge in [-0.15, -0.1) is 0 Å². The van der Waals surface area contributed by atoms with Gasteiger partial charge in [0.2, 0.25) is 0 Å². The second-order valence-electron chi connectivity index (χ2n) is 5.08. The van der Waals surface area contributed by atoms with Gasteiger partial charge < -0.3 is 19.7 Å². The monoisotopic (exact) mass is 292 g/mol. The molecule has 0 aromatic heterocycles. The van der Waals surface area contributed by atoms with Crippen molar-refractivity contribution in [2.45, 2.75) is 26.8 Å². The maximum Gasteiger partial charge on any atom is 0.254 e. The Bertz CT molecular complexity index is 490. The molecule has 1 aliphatic heterocycles. The van der Waals surface area contributed by atoms with E-state index in [2.05, 4.69) is 12.2 Å². The Morgan fingerprint density at radius 1 is 1.29 bits per heavy atom. The Morgan fingerprint density at radius 3 is 2.67 bits per heavy atom. The third kappa shape index (κ3) is 3.67. The van der Waals surface area contributed by atoms with Crippen molar-refractivity contribution in [3.63, 3.8) is 0 Å². The highest BCUT2D eigenvalue weighted by molar-refractivity contribution is 5.95. The molecule has 1 atom stereocenters. The van der Waals surface area contributed by atoms with Crippen LogP contribution < -0.4 is 14.8 Å². The third-order valence-corrected chi connectivity index (χ3v) is 3.55. The molecule has 0 radical (unpaired) electrons. The third-order valence-electron chi connectivity index (χ3n) is 3.55. The normalized spacial score (nSPS) is 18.4. The smallest absolute Gasteiger partial charge is 0.254 e. The molecule has 0 saturated carbocycles. The second-order valence-corrected chi connectivity index (χ2v) is 5.08. The summed E-state index contributed by atoms with van der Waals surface area (Å²) in [5.41, 5.74) is 0.649. The second kappa shape index (κ2) is 7.31. The minimum Gasteiger partial charge on any atom is -0.490 e. The molecule has 0 spiro atoms. The Hall–Kier alpha value is -1.75. The van der Waals surface area contributed by atoms with Crippen LogP contribution in [0.1, 0.15) is 31.1 Å². The Morgan fingerprint density at radius 2 is 2.00 bits per heavy atom. The van der Waals surface area contributed by atoms with Gasteiger partial charge in [-0.1, -0.05) is 0 Å². The lowest BCUT2D eigenvalue weighted by atomic mass is 10.1. The molecule has 1 unspecified atom stereocenters. The molecule has 5 heteroatoms. The molecular formula is C16H24N2O3. The first-order chi connectivity index (χ1) is 10.2. The Labute approximate surface area is 126 Å². The van der Waals surface area contributed by atoms with Crippen molar-refractivity contribution in [3.8, 4) is 11.5 Å². The summed E-state index contributed by atoms with van der Waals surface area (Å²) in [5, 5.41) is 3.29. The zero-order chi connectivity index (χ0) is 15.2. The minimum atomic E-state index is 0.0491. The number of amides is 1. The highest BCUT2D eigenvalue weighted by Gasteiger charge is 2.24. The number of ether oxygens (including phenoxy) is 2. The van der Waals surface area contributed by atoms with Gasteiger partial charge in [-0.25, -0.2) is 0 Å². The number of benzene rings is 1. The van der Waals surface area contributed by atoms with E-state index in [1.807, 2.05) is 30.9 Å². The highest BCUT2D eigenvalue weighted by Crippen LogP contribution is 2.29. The number of nitrogens with one attached hydrogen (secondary N) is 1. The van der Waals surface area contributed by atoms with Crippen LogP contribution in [0.3, 0.4) is 0 Å². The van der Waals surface area contributed by atoms with Crippen molar-refractivity contribution >= 4 is 5.91 Å². The molecule has 1 aromatic rings. The van der Waals surface area contributed by atoms with E-state index < -0.39 is 0 Å². The number of rotatable bonds is 5. The van der Waals surface area contributed by atoms with Crippen LogP contribution in [0.4, 0.5) is 0 Å². The first-order valence-corrected chi connectivity index (χ1v) is 7.58. The SMILES string of the molecule is CCOc1ccc(C(=O)N2CCNCC2C)cc1OCC. The average molecular weight is 292 g/mol. The first kappa shape index (κ1) is 15.6. The van der Waals surface area contributed by atoms with Crippen LogP contribution in [-0.2, 0) is 0 Å². The van der Waals surface area contributed by atoms with Crippen molar-refractivity contribution in [2.24, 2.45) is 0 Å². The maximum absolute atomic E-state index is 12.6. The van der Waals surface area contributed by atoms with Gasteiger partial charge in [0.25, 0.3) is 5.91 Å². The fraction of sp³-hybridized carbons (Fsp3) is 0.562. The maximum atomic E-state index is 12.6. The van der Waals surface area contributed by atoms with Gasteiger partial charge in [0, 0.05) is 31.2 Å². The van der Waals surface area contributed by atoms with Gasteiger partial charge in [0.15, 0.2) is 11.5 Å². The lowest BCUT2D eigenvalue weighted by molar-refractivity contribution is 0.0655. The van der Waals surface area contributed by atoms with Crippen molar-refractivity contribution in [1.29, 1.82) is 0 Å². The molecule has 1 saturated heterocycles. The van der Waals surface area contributed by atoms with E-state index in [9.17, 15) is 4.79 Å². The van der Waals surface area contributed by atoms with Crippen LogP contribution >= 0.6 is 0 Å². The van der Waals surface area contributed by atoms with Gasteiger partial charge in [-0.3, -0.25) is 4.79 Å². The highest BCUT2D eigenvalue weighted by atomic mass is 16.5. The molecule has 21 heavy (non-hydrogen) atoms. The summed E-state index contributed by atoms with van der Waals surface area (Å²) in [5.74, 6) is 1.37. The zero-order valence-corrected chi connectivity index (χ0v) is 13.0. The summed E-state index contributed by atoms with van der Waals surface area (Å²) in [4.78, 5) is 14.5. The van der Waals surface area contributed by atoms with Crippen molar-refractivity contribution < 1.29 is 14.3 Å². The van der Waals surface area contributed by atoms with E-state index in [4.69, 9.17) is 9.47 Å². The van der Waals surface area contributed by atoms with E-state index in [0.717, 1.165) is 19.6 Å². The van der Waals surface area contributed by atoms with E-state index in [0.29, 0.717) is 30.3 Å². The summed E-state index contributed by atoms with van der Waals surface area (Å²) in [6.07, 6.45) is 0. The molecule has 2 rings (SSSR count). The molecule has 1 N–H and O–H groups in total. The first-order valence-electron chi connectivity index (χ1n) is 7.58. The Balaban J connectivity index is 2.22. The summed E-state index contributed by atoms with van der Waals surface area (Å²) < 4.78 is 11.1. The molecule has 0 aliphatic carbocycles. The fourth-order valence-electron chi connectivity index (χ4n) is 2.49. The van der Waals surface area contributed by atoms with E-state index >= 15 is 0 Å². The number of nitrogens with zero attached hydrogens (tertiary/aromatic N) is 1.